The van der Waals surface area contributed by atoms with Crippen molar-refractivity contribution < 1.29 is 33.6 Å². The number of Topliss-reactive ketones (excluding diaryl/α,β-unsaturated/α-hetero) is 1. The minimum absolute atomic E-state index is 0.0978. The van der Waals surface area contributed by atoms with Crippen molar-refractivity contribution in [3.63, 3.8) is 0 Å². The number of ether oxygens (including phenoxy) is 4. The van der Waals surface area contributed by atoms with Crippen molar-refractivity contribution in [1.29, 1.82) is 0 Å². The van der Waals surface area contributed by atoms with Crippen LogP contribution in [0.3, 0.4) is 0 Å². The summed E-state index contributed by atoms with van der Waals surface area (Å²) in [6.07, 6.45) is 1.84. The molecule has 1 saturated heterocycles. The number of thioether (sulfide) groups is 1. The average molecular weight is 694 g/mol. The molecule has 0 saturated carbocycles. The first-order valence-electron chi connectivity index (χ1n) is 15.2. The fourth-order valence-electron chi connectivity index (χ4n) is 5.18. The number of aromatic nitrogens is 2. The zero-order chi connectivity index (χ0) is 32.9. The second kappa shape index (κ2) is 14.7. The number of halogens is 1. The minimum atomic E-state index is -1.03. The molecule has 0 aliphatic carbocycles. The highest BCUT2D eigenvalue weighted by Gasteiger charge is 2.48. The lowest BCUT2D eigenvalue weighted by molar-refractivity contribution is -0.132. The van der Waals surface area contributed by atoms with Gasteiger partial charge in [-0.15, -0.1) is 10.2 Å². The number of amides is 1. The van der Waals surface area contributed by atoms with Gasteiger partial charge >= 0.3 is 5.91 Å². The molecular formula is C34H32ClN3O7S2. The summed E-state index contributed by atoms with van der Waals surface area (Å²) in [5, 5.41) is 21.2. The number of unbranched alkanes of at least 4 members (excludes halogenated alkanes) is 1. The van der Waals surface area contributed by atoms with Crippen LogP contribution in [-0.4, -0.2) is 53.4 Å². The molecule has 0 radical (unpaired) electrons. The molecule has 6 rings (SSSR count). The molecule has 1 aromatic heterocycles. The van der Waals surface area contributed by atoms with Crippen LogP contribution in [0.1, 0.15) is 49.4 Å². The molecular weight excluding hydrogens is 662 g/mol. The van der Waals surface area contributed by atoms with E-state index in [1.54, 1.807) is 36.4 Å². The molecule has 1 fully saturated rings. The lowest BCUT2D eigenvalue weighted by Gasteiger charge is -2.24. The molecule has 0 bridgehead atoms. The average Bonchev–Trinajstić information content (AvgIpc) is 3.66. The summed E-state index contributed by atoms with van der Waals surface area (Å²) >= 11 is 8.66. The normalized spacial score (nSPS) is 16.8. The second-order valence-corrected chi connectivity index (χ2v) is 13.2. The van der Waals surface area contributed by atoms with Gasteiger partial charge in [0.1, 0.15) is 19.0 Å². The van der Waals surface area contributed by atoms with Gasteiger partial charge in [-0.05, 0) is 66.9 Å². The Morgan fingerprint density at radius 2 is 1.79 bits per heavy atom. The number of carbonyl (C=O) groups is 2. The van der Waals surface area contributed by atoms with Crippen LogP contribution in [0.25, 0.3) is 5.76 Å². The van der Waals surface area contributed by atoms with Crippen LogP contribution < -0.4 is 23.8 Å². The quantitative estimate of drug-likeness (QED) is 0.0400. The van der Waals surface area contributed by atoms with E-state index in [1.807, 2.05) is 31.2 Å². The Hall–Kier alpha value is -4.26. The van der Waals surface area contributed by atoms with Crippen LogP contribution in [0.5, 0.6) is 23.0 Å². The Bertz CT molecular complexity index is 1810. The van der Waals surface area contributed by atoms with Crippen LogP contribution in [-0.2, 0) is 15.3 Å². The fourth-order valence-corrected chi connectivity index (χ4v) is 7.13. The Labute approximate surface area is 285 Å². The van der Waals surface area contributed by atoms with Crippen molar-refractivity contribution in [3.8, 4) is 23.0 Å². The number of ketones is 1. The van der Waals surface area contributed by atoms with Gasteiger partial charge in [0.15, 0.2) is 27.3 Å². The van der Waals surface area contributed by atoms with E-state index in [4.69, 9.17) is 30.5 Å². The van der Waals surface area contributed by atoms with Crippen molar-refractivity contribution >= 4 is 57.3 Å². The van der Waals surface area contributed by atoms with Crippen LogP contribution in [0.15, 0.2) is 70.6 Å². The summed E-state index contributed by atoms with van der Waals surface area (Å²) in [6, 6.07) is 16.6. The van der Waals surface area contributed by atoms with Gasteiger partial charge in [0.05, 0.1) is 24.8 Å². The summed E-state index contributed by atoms with van der Waals surface area (Å²) in [5.41, 5.74) is 1.78. The summed E-state index contributed by atoms with van der Waals surface area (Å²) in [6.45, 7) is 5.58. The van der Waals surface area contributed by atoms with Gasteiger partial charge in [-0.1, -0.05) is 66.2 Å². The smallest absolute Gasteiger partial charge is 0.301 e. The molecule has 3 heterocycles. The number of nitrogens with zero attached hydrogens (tertiary/aromatic N) is 3. The maximum absolute atomic E-state index is 13.8. The summed E-state index contributed by atoms with van der Waals surface area (Å²) in [4.78, 5) is 28.9. The van der Waals surface area contributed by atoms with Crippen molar-refractivity contribution in [3.05, 3.63) is 87.9 Å². The van der Waals surface area contributed by atoms with Gasteiger partial charge in [0.25, 0.3) is 5.78 Å². The molecule has 1 amide bonds. The van der Waals surface area contributed by atoms with Gasteiger partial charge in [0, 0.05) is 16.3 Å². The first-order chi connectivity index (χ1) is 22.9. The summed E-state index contributed by atoms with van der Waals surface area (Å²) in [5.74, 6) is 0.542. The van der Waals surface area contributed by atoms with Gasteiger partial charge < -0.3 is 24.1 Å². The molecule has 0 unspecified atom stereocenters. The molecule has 47 heavy (non-hydrogen) atoms. The van der Waals surface area contributed by atoms with E-state index in [9.17, 15) is 14.7 Å². The molecule has 244 valence electrons. The zero-order valence-corrected chi connectivity index (χ0v) is 28.1. The number of carbonyl (C=O) groups excluding carboxylic acids is 2. The van der Waals surface area contributed by atoms with Crippen LogP contribution in [0, 0.1) is 0 Å². The predicted molar refractivity (Wildman–Crippen MR) is 181 cm³/mol. The molecule has 13 heteroatoms. The van der Waals surface area contributed by atoms with Crippen molar-refractivity contribution in [1.82, 2.24) is 10.2 Å². The zero-order valence-electron chi connectivity index (χ0n) is 25.7. The van der Waals surface area contributed by atoms with Gasteiger partial charge in [-0.25, -0.2) is 0 Å². The Kier molecular flexibility index (Phi) is 10.2. The third kappa shape index (κ3) is 7.04. The predicted octanol–water partition coefficient (Wildman–Crippen LogP) is 7.46. The molecule has 4 aromatic rings. The van der Waals surface area contributed by atoms with Crippen LogP contribution in [0.2, 0.25) is 5.02 Å². The first kappa shape index (κ1) is 32.7. The second-order valence-electron chi connectivity index (χ2n) is 10.6. The molecule has 3 aromatic carbocycles. The number of aliphatic hydroxyl groups is 1. The van der Waals surface area contributed by atoms with Crippen LogP contribution in [0.4, 0.5) is 5.13 Å². The van der Waals surface area contributed by atoms with Crippen molar-refractivity contribution in [2.75, 3.05) is 31.3 Å². The standard InChI is InChI=1S/C34H32ClN3O7S2/c1-3-5-14-43-24-12-8-21(17-26(24)42-4-2)29-28(30(39)22-9-13-25-27(18-22)45-16-15-44-25)31(40)32(41)38(29)33-36-37-34(47-33)46-19-20-6-10-23(35)11-7-20/h6-13,17-18,29,39H,3-5,14-16,19H2,1-2H3/b30-28+/t29-/m1/s1. The number of anilines is 1. The SMILES string of the molecule is CCCCOc1ccc([C@@H]2/C(=C(\O)c3ccc4c(c3)OCCO4)C(=O)C(=O)N2c2nnc(SCc3ccc(Cl)cc3)s2)cc1OCC. The Balaban J connectivity index is 1.41. The van der Waals surface area contributed by atoms with E-state index >= 15 is 0 Å². The molecule has 10 nitrogen and oxygen atoms in total. The van der Waals surface area contributed by atoms with Crippen molar-refractivity contribution in [2.24, 2.45) is 0 Å². The maximum Gasteiger partial charge on any atom is 0.301 e. The third-order valence-electron chi connectivity index (χ3n) is 7.48. The molecule has 1 N–H and O–H groups in total. The Morgan fingerprint density at radius 1 is 1.00 bits per heavy atom. The molecule has 0 spiro atoms. The van der Waals surface area contributed by atoms with Gasteiger partial charge in [-0.2, -0.15) is 0 Å². The number of hydrogen-bond acceptors (Lipinski definition) is 11. The van der Waals surface area contributed by atoms with Gasteiger partial charge in [-0.3, -0.25) is 14.5 Å². The number of rotatable bonds is 12. The summed E-state index contributed by atoms with van der Waals surface area (Å²) in [7, 11) is 0. The van der Waals surface area contributed by atoms with Crippen LogP contribution >= 0.6 is 34.7 Å². The highest BCUT2D eigenvalue weighted by molar-refractivity contribution is 8.00. The molecule has 2 aliphatic heterocycles. The summed E-state index contributed by atoms with van der Waals surface area (Å²) < 4.78 is 23.9. The number of aliphatic hydroxyl groups excluding tert-OH is 1. The lowest BCUT2D eigenvalue weighted by Crippen LogP contribution is -2.29. The lowest BCUT2D eigenvalue weighted by atomic mass is 9.95. The van der Waals surface area contributed by atoms with E-state index in [0.717, 1.165) is 18.4 Å². The van der Waals surface area contributed by atoms with E-state index in [-0.39, 0.29) is 16.5 Å². The topological polar surface area (TPSA) is 120 Å². The molecule has 2 aliphatic rings. The van der Waals surface area contributed by atoms with E-state index in [0.29, 0.717) is 75.7 Å². The largest absolute Gasteiger partial charge is 0.507 e. The van der Waals surface area contributed by atoms with Gasteiger partial charge in [0.2, 0.25) is 5.13 Å². The number of hydrogen-bond donors (Lipinski definition) is 1. The monoisotopic (exact) mass is 693 g/mol. The minimum Gasteiger partial charge on any atom is -0.507 e. The Morgan fingerprint density at radius 3 is 2.55 bits per heavy atom. The number of fused-ring (bicyclic) bond motifs is 1. The maximum atomic E-state index is 13.8. The number of benzene rings is 3. The van der Waals surface area contributed by atoms with E-state index in [2.05, 4.69) is 17.1 Å². The highest BCUT2D eigenvalue weighted by atomic mass is 35.5. The van der Waals surface area contributed by atoms with Crippen molar-refractivity contribution in [2.45, 2.75) is 42.8 Å². The highest BCUT2D eigenvalue weighted by Crippen LogP contribution is 2.46. The molecule has 1 atom stereocenters. The fraction of sp³-hybridized carbons (Fsp3) is 0.294. The van der Waals surface area contributed by atoms with E-state index in [1.165, 1.54) is 28.0 Å². The van der Waals surface area contributed by atoms with E-state index < -0.39 is 17.7 Å². The third-order valence-corrected chi connectivity index (χ3v) is 9.86. The first-order valence-corrected chi connectivity index (χ1v) is 17.4.